The summed E-state index contributed by atoms with van der Waals surface area (Å²) in [6.45, 7) is 2.50. The number of amides is 1. The van der Waals surface area contributed by atoms with Gasteiger partial charge < -0.3 is 14.4 Å². The first kappa shape index (κ1) is 16.7. The number of nitrogens with one attached hydrogen (secondary N) is 1. The number of benzene rings is 1. The van der Waals surface area contributed by atoms with Gasteiger partial charge in [-0.05, 0) is 43.0 Å². The van der Waals surface area contributed by atoms with Crippen LogP contribution in [0.25, 0.3) is 0 Å². The molecule has 0 radical (unpaired) electrons. The van der Waals surface area contributed by atoms with E-state index < -0.39 is 5.54 Å². The minimum Gasteiger partial charge on any atom is -0.464 e. The maximum absolute atomic E-state index is 12.4. The first-order valence-electron chi connectivity index (χ1n) is 8.28. The fourth-order valence-corrected chi connectivity index (χ4v) is 3.36. The zero-order valence-electron chi connectivity index (χ0n) is 14.2. The van der Waals surface area contributed by atoms with E-state index in [4.69, 9.17) is 4.42 Å². The van der Waals surface area contributed by atoms with Crippen LogP contribution in [0.3, 0.4) is 0 Å². The van der Waals surface area contributed by atoms with Crippen molar-refractivity contribution in [2.24, 2.45) is 0 Å². The highest BCUT2D eigenvalue weighted by Gasteiger charge is 2.38. The number of fused-ring (bicyclic) bond motifs is 1. The molecule has 5 heteroatoms. The van der Waals surface area contributed by atoms with Crippen molar-refractivity contribution in [1.29, 1.82) is 0 Å². The Morgan fingerprint density at radius 2 is 2.12 bits per heavy atom. The van der Waals surface area contributed by atoms with Gasteiger partial charge >= 0.3 is 0 Å². The first-order valence-corrected chi connectivity index (χ1v) is 8.28. The minimum absolute atomic E-state index is 0.0155. The van der Waals surface area contributed by atoms with Gasteiger partial charge in [-0.25, -0.2) is 0 Å². The van der Waals surface area contributed by atoms with Gasteiger partial charge in [-0.2, -0.15) is 0 Å². The SMILES string of the molecule is Cc1ccc(CN(C)C(=O)CNC2(CO)CCc3ccccc32)o1. The zero-order chi connectivity index (χ0) is 17.2. The second-order valence-electron chi connectivity index (χ2n) is 6.51. The highest BCUT2D eigenvalue weighted by molar-refractivity contribution is 5.78. The molecule has 2 aromatic rings. The van der Waals surface area contributed by atoms with Crippen LogP contribution in [0.1, 0.15) is 29.1 Å². The quantitative estimate of drug-likeness (QED) is 0.851. The van der Waals surface area contributed by atoms with Crippen LogP contribution in [0, 0.1) is 6.92 Å². The Hall–Kier alpha value is -2.11. The summed E-state index contributed by atoms with van der Waals surface area (Å²) in [7, 11) is 1.76. The lowest BCUT2D eigenvalue weighted by Gasteiger charge is -2.30. The topological polar surface area (TPSA) is 65.7 Å². The maximum atomic E-state index is 12.4. The van der Waals surface area contributed by atoms with Crippen LogP contribution in [0.4, 0.5) is 0 Å². The number of carbonyl (C=O) groups excluding carboxylic acids is 1. The van der Waals surface area contributed by atoms with Crippen LogP contribution in [0.15, 0.2) is 40.8 Å². The molecule has 2 N–H and O–H groups in total. The maximum Gasteiger partial charge on any atom is 0.236 e. The molecule has 0 spiro atoms. The Bertz CT molecular complexity index is 725. The van der Waals surface area contributed by atoms with Crippen molar-refractivity contribution < 1.29 is 14.3 Å². The van der Waals surface area contributed by atoms with E-state index in [2.05, 4.69) is 11.4 Å². The van der Waals surface area contributed by atoms with Crippen molar-refractivity contribution in [1.82, 2.24) is 10.2 Å². The van der Waals surface area contributed by atoms with Gasteiger partial charge in [0.05, 0.1) is 25.2 Å². The molecule has 0 bridgehead atoms. The molecule has 0 fully saturated rings. The lowest BCUT2D eigenvalue weighted by atomic mass is 9.92. The predicted molar refractivity (Wildman–Crippen MR) is 91.4 cm³/mol. The Balaban J connectivity index is 1.63. The lowest BCUT2D eigenvalue weighted by molar-refractivity contribution is -0.130. The van der Waals surface area contributed by atoms with Crippen molar-refractivity contribution in [3.63, 3.8) is 0 Å². The average molecular weight is 328 g/mol. The molecule has 0 aliphatic heterocycles. The molecule has 1 atom stereocenters. The molecule has 1 amide bonds. The molecule has 24 heavy (non-hydrogen) atoms. The lowest BCUT2D eigenvalue weighted by Crippen LogP contribution is -2.48. The smallest absolute Gasteiger partial charge is 0.236 e. The van der Waals surface area contributed by atoms with Gasteiger partial charge in [-0.1, -0.05) is 24.3 Å². The Morgan fingerprint density at radius 1 is 1.33 bits per heavy atom. The monoisotopic (exact) mass is 328 g/mol. The van der Waals surface area contributed by atoms with Crippen LogP contribution in [-0.2, 0) is 23.3 Å². The number of hydrogen-bond donors (Lipinski definition) is 2. The van der Waals surface area contributed by atoms with Crippen molar-refractivity contribution in [3.05, 3.63) is 59.0 Å². The molecular weight excluding hydrogens is 304 g/mol. The largest absolute Gasteiger partial charge is 0.464 e. The summed E-state index contributed by atoms with van der Waals surface area (Å²) >= 11 is 0. The number of nitrogens with zero attached hydrogens (tertiary/aromatic N) is 1. The van der Waals surface area contributed by atoms with Gasteiger partial charge in [0.2, 0.25) is 5.91 Å². The van der Waals surface area contributed by atoms with E-state index >= 15 is 0 Å². The van der Waals surface area contributed by atoms with E-state index in [1.807, 2.05) is 37.3 Å². The molecule has 3 rings (SSSR count). The predicted octanol–water partition coefficient (Wildman–Crippen LogP) is 1.97. The molecule has 1 aromatic carbocycles. The van der Waals surface area contributed by atoms with Gasteiger partial charge in [0.25, 0.3) is 0 Å². The number of aliphatic hydroxyl groups excluding tert-OH is 1. The van der Waals surface area contributed by atoms with E-state index in [1.54, 1.807) is 11.9 Å². The third kappa shape index (κ3) is 3.23. The third-order valence-electron chi connectivity index (χ3n) is 4.82. The summed E-state index contributed by atoms with van der Waals surface area (Å²) in [4.78, 5) is 14.1. The van der Waals surface area contributed by atoms with E-state index in [0.29, 0.717) is 6.54 Å². The number of rotatable bonds is 6. The van der Waals surface area contributed by atoms with E-state index in [-0.39, 0.29) is 19.1 Å². The fraction of sp³-hybridized carbons (Fsp3) is 0.421. The first-order chi connectivity index (χ1) is 11.5. The molecule has 1 heterocycles. The second kappa shape index (κ2) is 6.79. The number of aliphatic hydroxyl groups is 1. The van der Waals surface area contributed by atoms with Gasteiger partial charge in [-0.3, -0.25) is 10.1 Å². The Kier molecular flexibility index (Phi) is 4.73. The van der Waals surface area contributed by atoms with Gasteiger partial charge in [0, 0.05) is 7.05 Å². The number of hydrogen-bond acceptors (Lipinski definition) is 4. The van der Waals surface area contributed by atoms with E-state index in [0.717, 1.165) is 29.9 Å². The van der Waals surface area contributed by atoms with Crippen molar-refractivity contribution in [2.75, 3.05) is 20.2 Å². The molecule has 1 aliphatic carbocycles. The second-order valence-corrected chi connectivity index (χ2v) is 6.51. The molecule has 0 saturated heterocycles. The summed E-state index contributed by atoms with van der Waals surface area (Å²) < 4.78 is 5.52. The number of furan rings is 1. The number of aryl methyl sites for hydroxylation is 2. The van der Waals surface area contributed by atoms with Crippen LogP contribution in [0.2, 0.25) is 0 Å². The number of carbonyl (C=O) groups is 1. The molecule has 1 aliphatic rings. The van der Waals surface area contributed by atoms with Crippen LogP contribution in [-0.4, -0.2) is 36.1 Å². The van der Waals surface area contributed by atoms with Crippen molar-refractivity contribution in [2.45, 2.75) is 31.8 Å². The van der Waals surface area contributed by atoms with Crippen molar-refractivity contribution in [3.8, 4) is 0 Å². The van der Waals surface area contributed by atoms with Gasteiger partial charge in [-0.15, -0.1) is 0 Å². The Labute approximate surface area is 142 Å². The normalized spacial score (nSPS) is 19.3. The van der Waals surface area contributed by atoms with Gasteiger partial charge in [0.15, 0.2) is 0 Å². The van der Waals surface area contributed by atoms with Crippen LogP contribution >= 0.6 is 0 Å². The summed E-state index contributed by atoms with van der Waals surface area (Å²) in [6, 6.07) is 11.9. The van der Waals surface area contributed by atoms with Crippen LogP contribution < -0.4 is 5.32 Å². The van der Waals surface area contributed by atoms with Crippen LogP contribution in [0.5, 0.6) is 0 Å². The summed E-state index contributed by atoms with van der Waals surface area (Å²) in [5.41, 5.74) is 1.82. The van der Waals surface area contributed by atoms with Crippen molar-refractivity contribution >= 4 is 5.91 Å². The zero-order valence-corrected chi connectivity index (χ0v) is 14.2. The molecule has 0 saturated carbocycles. The average Bonchev–Trinajstić information content (AvgIpc) is 3.17. The summed E-state index contributed by atoms with van der Waals surface area (Å²) in [5.74, 6) is 1.58. The molecule has 1 aromatic heterocycles. The molecule has 128 valence electrons. The fourth-order valence-electron chi connectivity index (χ4n) is 3.36. The minimum atomic E-state index is -0.519. The van der Waals surface area contributed by atoms with E-state index in [1.165, 1.54) is 5.56 Å². The third-order valence-corrected chi connectivity index (χ3v) is 4.82. The summed E-state index contributed by atoms with van der Waals surface area (Å²) in [6.07, 6.45) is 1.72. The van der Waals surface area contributed by atoms with Gasteiger partial charge in [0.1, 0.15) is 11.5 Å². The standard InChI is InChI=1S/C19H24N2O3/c1-14-7-8-16(24-14)12-21(2)18(23)11-20-19(13-22)10-9-15-5-3-4-6-17(15)19/h3-8,20,22H,9-13H2,1-2H3. The van der Waals surface area contributed by atoms with E-state index in [9.17, 15) is 9.90 Å². The molecular formula is C19H24N2O3. The highest BCUT2D eigenvalue weighted by atomic mass is 16.3. The molecule has 1 unspecified atom stereocenters. The molecule has 5 nitrogen and oxygen atoms in total. The number of likely N-dealkylation sites (N-methyl/N-ethyl adjacent to an activating group) is 1. The Morgan fingerprint density at radius 3 is 2.83 bits per heavy atom. The summed E-state index contributed by atoms with van der Waals surface area (Å²) in [5, 5.41) is 13.3. The highest BCUT2D eigenvalue weighted by Crippen LogP contribution is 2.36.